The maximum atomic E-state index is 14.4. The highest BCUT2D eigenvalue weighted by Crippen LogP contribution is 2.74. The largest absolute Gasteiger partial charge is 0.509 e. The number of ether oxygens (including phenoxy) is 2. The fraction of sp³-hybridized carbons (Fsp3) is 0.826. The Morgan fingerprint density at radius 1 is 1.07 bits per heavy atom. The molecular formula is C23H32O4. The van der Waals surface area contributed by atoms with Crippen molar-refractivity contribution in [3.8, 4) is 0 Å². The van der Waals surface area contributed by atoms with E-state index in [1.807, 2.05) is 0 Å². The summed E-state index contributed by atoms with van der Waals surface area (Å²) in [6, 6.07) is 0. The maximum Gasteiger partial charge on any atom is 0.509 e. The average molecular weight is 373 g/mol. The van der Waals surface area contributed by atoms with Gasteiger partial charge in [0.05, 0.1) is 5.41 Å². The summed E-state index contributed by atoms with van der Waals surface area (Å²) >= 11 is 0. The van der Waals surface area contributed by atoms with Gasteiger partial charge in [-0.05, 0) is 42.4 Å². The summed E-state index contributed by atoms with van der Waals surface area (Å²) in [4.78, 5) is 26.8. The van der Waals surface area contributed by atoms with Gasteiger partial charge in [-0.15, -0.1) is 0 Å². The molecule has 10 atom stereocenters. The van der Waals surface area contributed by atoms with E-state index >= 15 is 0 Å². The van der Waals surface area contributed by atoms with Crippen LogP contribution in [-0.2, 0) is 14.3 Å². The van der Waals surface area contributed by atoms with E-state index in [1.54, 1.807) is 0 Å². The summed E-state index contributed by atoms with van der Waals surface area (Å²) in [5.74, 6) is 1.75. The van der Waals surface area contributed by atoms with E-state index in [-0.39, 0.29) is 41.1 Å². The monoisotopic (exact) mass is 372 g/mol. The lowest BCUT2D eigenvalue weighted by atomic mass is 9.58. The van der Waals surface area contributed by atoms with Crippen LogP contribution in [0.3, 0.4) is 0 Å². The summed E-state index contributed by atoms with van der Waals surface area (Å²) in [7, 11) is 0. The van der Waals surface area contributed by atoms with Gasteiger partial charge in [-0.3, -0.25) is 4.79 Å². The molecule has 4 fully saturated rings. The lowest BCUT2D eigenvalue weighted by Gasteiger charge is -2.47. The molecule has 0 radical (unpaired) electrons. The van der Waals surface area contributed by atoms with Crippen molar-refractivity contribution in [2.45, 2.75) is 66.6 Å². The van der Waals surface area contributed by atoms with E-state index in [2.05, 4.69) is 54.5 Å². The molecule has 1 saturated heterocycles. The molecule has 2 bridgehead atoms. The highest BCUT2D eigenvalue weighted by Gasteiger charge is 2.80. The van der Waals surface area contributed by atoms with Gasteiger partial charge < -0.3 is 9.47 Å². The topological polar surface area (TPSA) is 52.6 Å². The molecule has 0 aromatic heterocycles. The minimum atomic E-state index is -0.881. The number of hydrogen-bond acceptors (Lipinski definition) is 4. The molecule has 148 valence electrons. The zero-order valence-corrected chi connectivity index (χ0v) is 17.5. The summed E-state index contributed by atoms with van der Waals surface area (Å²) in [6.07, 6.45) is 2.25. The Hall–Kier alpha value is -1.32. The summed E-state index contributed by atoms with van der Waals surface area (Å²) in [6.45, 7) is 15.4. The van der Waals surface area contributed by atoms with Gasteiger partial charge in [-0.1, -0.05) is 53.2 Å². The maximum absolute atomic E-state index is 14.4. The minimum Gasteiger partial charge on any atom is -0.426 e. The fourth-order valence-corrected chi connectivity index (χ4v) is 8.02. The van der Waals surface area contributed by atoms with Crippen LogP contribution in [0.4, 0.5) is 4.79 Å². The molecule has 3 saturated carbocycles. The van der Waals surface area contributed by atoms with Crippen molar-refractivity contribution in [3.05, 3.63) is 11.6 Å². The number of rotatable bonds is 0. The zero-order valence-electron chi connectivity index (χ0n) is 17.5. The number of fused-ring (bicyclic) bond motifs is 3. The molecule has 0 aromatic rings. The Labute approximate surface area is 162 Å². The second-order valence-electron chi connectivity index (χ2n) is 10.9. The molecule has 27 heavy (non-hydrogen) atoms. The molecule has 5 aliphatic rings. The zero-order chi connectivity index (χ0) is 19.7. The van der Waals surface area contributed by atoms with Crippen molar-refractivity contribution in [2.24, 2.45) is 52.3 Å². The van der Waals surface area contributed by atoms with E-state index in [9.17, 15) is 9.59 Å². The SMILES string of the molecule is CC1=C[C@]23C(=O)[C@@H]([C@H](C)[C@H](C)[C@H]4OC(=O)O[C@]42[C@H]1C)[C@H]1[C@@H](C[C@H]3C)C1(C)C. The number of carbonyl (C=O) groups excluding carboxylic acids is 2. The van der Waals surface area contributed by atoms with Gasteiger partial charge in [0.15, 0.2) is 11.4 Å². The van der Waals surface area contributed by atoms with Crippen LogP contribution in [0, 0.1) is 52.3 Å². The molecule has 0 amide bonds. The van der Waals surface area contributed by atoms with Gasteiger partial charge in [-0.25, -0.2) is 4.79 Å². The van der Waals surface area contributed by atoms with Crippen molar-refractivity contribution >= 4 is 11.9 Å². The predicted octanol–water partition coefficient (Wildman–Crippen LogP) is 4.63. The van der Waals surface area contributed by atoms with Gasteiger partial charge >= 0.3 is 6.16 Å². The van der Waals surface area contributed by atoms with Crippen LogP contribution >= 0.6 is 0 Å². The van der Waals surface area contributed by atoms with E-state index in [0.717, 1.165) is 12.0 Å². The third-order valence-corrected chi connectivity index (χ3v) is 9.82. The van der Waals surface area contributed by atoms with Crippen molar-refractivity contribution in [2.75, 3.05) is 0 Å². The highest BCUT2D eigenvalue weighted by atomic mass is 16.8. The first-order valence-corrected chi connectivity index (χ1v) is 10.6. The second-order valence-corrected chi connectivity index (χ2v) is 10.9. The molecule has 0 aromatic carbocycles. The fourth-order valence-electron chi connectivity index (χ4n) is 8.02. The molecule has 4 nitrogen and oxygen atoms in total. The Balaban J connectivity index is 1.80. The van der Waals surface area contributed by atoms with Crippen molar-refractivity contribution < 1.29 is 19.1 Å². The second kappa shape index (κ2) is 4.80. The van der Waals surface area contributed by atoms with Gasteiger partial charge in [0.25, 0.3) is 0 Å². The quantitative estimate of drug-likeness (QED) is 0.460. The van der Waals surface area contributed by atoms with Gasteiger partial charge in [0, 0.05) is 17.8 Å². The lowest BCUT2D eigenvalue weighted by molar-refractivity contribution is -0.153. The average Bonchev–Trinajstić information content (AvgIpc) is 2.88. The summed E-state index contributed by atoms with van der Waals surface area (Å²) in [5, 5.41) is 0. The number of hydrogen-bond donors (Lipinski definition) is 0. The molecule has 4 heteroatoms. The third-order valence-electron chi connectivity index (χ3n) is 9.82. The molecule has 5 rings (SSSR count). The van der Waals surface area contributed by atoms with E-state index in [0.29, 0.717) is 17.6 Å². The lowest BCUT2D eigenvalue weighted by Crippen LogP contribution is -2.61. The first-order chi connectivity index (χ1) is 12.5. The van der Waals surface area contributed by atoms with Crippen LogP contribution in [0.2, 0.25) is 0 Å². The van der Waals surface area contributed by atoms with Crippen LogP contribution in [0.1, 0.15) is 54.9 Å². The Kier molecular flexibility index (Phi) is 3.16. The Morgan fingerprint density at radius 3 is 2.41 bits per heavy atom. The van der Waals surface area contributed by atoms with Gasteiger partial charge in [-0.2, -0.15) is 0 Å². The molecular weight excluding hydrogens is 340 g/mol. The number of Topliss-reactive ketones (excluding diaryl/α,β-unsaturated/α-hetero) is 1. The van der Waals surface area contributed by atoms with Crippen LogP contribution in [0.5, 0.6) is 0 Å². The van der Waals surface area contributed by atoms with Crippen LogP contribution in [0.25, 0.3) is 0 Å². The van der Waals surface area contributed by atoms with Crippen LogP contribution < -0.4 is 0 Å². The van der Waals surface area contributed by atoms with E-state index in [4.69, 9.17) is 9.47 Å². The van der Waals surface area contributed by atoms with E-state index in [1.165, 1.54) is 0 Å². The normalized spacial score (nSPS) is 57.4. The molecule has 4 aliphatic carbocycles. The molecule has 1 heterocycles. The smallest absolute Gasteiger partial charge is 0.426 e. The first-order valence-electron chi connectivity index (χ1n) is 10.6. The van der Waals surface area contributed by atoms with E-state index < -0.39 is 17.2 Å². The molecule has 1 aliphatic heterocycles. The summed E-state index contributed by atoms with van der Waals surface area (Å²) < 4.78 is 11.9. The van der Waals surface area contributed by atoms with Gasteiger partial charge in [0.1, 0.15) is 6.10 Å². The first kappa shape index (κ1) is 17.8. The van der Waals surface area contributed by atoms with Crippen molar-refractivity contribution in [1.82, 2.24) is 0 Å². The standard InChI is InChI=1S/C23H32O4/c1-10-9-22-11(2)8-15-17(21(15,6)7)16(18(22)24)12(3)13(4)19-23(22,14(10)5)27-20(25)26-19/h9,11-17,19H,8H2,1-7H3/t11-,12-,13+,14+,15-,16+,17-,19-,22+,23-/m1/s1. The third kappa shape index (κ3) is 1.65. The number of carbonyl (C=O) groups is 2. The summed E-state index contributed by atoms with van der Waals surface area (Å²) in [5.41, 5.74) is -0.250. The highest BCUT2D eigenvalue weighted by molar-refractivity contribution is 5.94. The predicted molar refractivity (Wildman–Crippen MR) is 101 cm³/mol. The Bertz CT molecular complexity index is 781. The number of ketones is 1. The van der Waals surface area contributed by atoms with Crippen molar-refractivity contribution in [1.29, 1.82) is 0 Å². The Morgan fingerprint density at radius 2 is 1.74 bits per heavy atom. The molecule has 0 unspecified atom stereocenters. The minimum absolute atomic E-state index is 0.00353. The van der Waals surface area contributed by atoms with Crippen LogP contribution in [-0.4, -0.2) is 23.6 Å². The van der Waals surface area contributed by atoms with Crippen molar-refractivity contribution in [3.63, 3.8) is 0 Å². The molecule has 0 N–H and O–H groups in total. The van der Waals surface area contributed by atoms with Gasteiger partial charge in [0.2, 0.25) is 0 Å². The molecule has 2 spiro atoms. The van der Waals surface area contributed by atoms with Crippen LogP contribution in [0.15, 0.2) is 11.6 Å².